The first-order valence-corrected chi connectivity index (χ1v) is 3.72. The van der Waals surface area contributed by atoms with Crippen LogP contribution in [-0.2, 0) is 4.79 Å². The van der Waals surface area contributed by atoms with Crippen molar-refractivity contribution in [1.29, 1.82) is 0 Å². The average Bonchev–Trinajstić information content (AvgIpc) is 2.12. The minimum absolute atomic E-state index is 0.236. The molecule has 5 nitrogen and oxygen atoms in total. The predicted octanol–water partition coefficient (Wildman–Crippen LogP) is -2.13. The van der Waals surface area contributed by atoms with Crippen LogP contribution in [0.4, 0.5) is 0 Å². The molecule has 0 aromatic rings. The van der Waals surface area contributed by atoms with Crippen LogP contribution in [0.2, 0.25) is 0 Å². The summed E-state index contributed by atoms with van der Waals surface area (Å²) in [5.41, 5.74) is 0. The van der Waals surface area contributed by atoms with Gasteiger partial charge in [-0.15, -0.1) is 11.6 Å². The molecule has 4 atom stereocenters. The number of aliphatic hydroxyl groups excluding tert-OH is 4. The molecule has 0 radical (unpaired) electrons. The molecule has 4 N–H and O–H groups in total. The highest BCUT2D eigenvalue weighted by atomic mass is 35.5. The summed E-state index contributed by atoms with van der Waals surface area (Å²) in [6, 6.07) is 0. The van der Waals surface area contributed by atoms with Gasteiger partial charge < -0.3 is 25.2 Å². The molecule has 0 aromatic carbocycles. The maximum atomic E-state index is 10.0. The summed E-state index contributed by atoms with van der Waals surface area (Å²) in [5, 5.41) is 33.9. The third kappa shape index (κ3) is 3.04. The topological polar surface area (TPSA) is 98.0 Å². The Bertz CT molecular complexity index is 142. The second kappa shape index (κ2) is 5.45. The zero-order valence-corrected chi connectivity index (χ0v) is 6.92. The average molecular weight is 199 g/mol. The molecule has 0 heterocycles. The van der Waals surface area contributed by atoms with Gasteiger partial charge in [-0.05, 0) is 0 Å². The van der Waals surface area contributed by atoms with Crippen LogP contribution in [-0.4, -0.2) is 57.0 Å². The molecule has 0 aliphatic rings. The number of carbonyl (C=O) groups excluding carboxylic acids is 1. The smallest absolute Gasteiger partial charge is 0.140 e. The fourth-order valence-electron chi connectivity index (χ4n) is 0.604. The molecule has 0 amide bonds. The van der Waals surface area contributed by atoms with E-state index in [1.54, 1.807) is 0 Å². The first-order valence-electron chi connectivity index (χ1n) is 3.29. The van der Waals surface area contributed by atoms with Crippen molar-refractivity contribution >= 4 is 17.9 Å². The first-order chi connectivity index (χ1) is 5.54. The predicted molar refractivity (Wildman–Crippen MR) is 40.8 cm³/mol. The molecule has 0 saturated carbocycles. The van der Waals surface area contributed by atoms with E-state index in [0.717, 1.165) is 0 Å². The summed E-state index contributed by atoms with van der Waals surface area (Å²) in [5.74, 6) is 0. The number of hydrogen-bond donors (Lipinski definition) is 4. The minimum Gasteiger partial charge on any atom is -0.394 e. The number of carbonyl (C=O) groups is 1. The lowest BCUT2D eigenvalue weighted by molar-refractivity contribution is -0.114. The molecule has 0 spiro atoms. The Hall–Kier alpha value is -0.200. The Morgan fingerprint density at radius 3 is 2.08 bits per heavy atom. The fraction of sp³-hybridized carbons (Fsp3) is 0.833. The second-order valence-corrected chi connectivity index (χ2v) is 2.82. The van der Waals surface area contributed by atoms with Gasteiger partial charge in [-0.1, -0.05) is 0 Å². The van der Waals surface area contributed by atoms with Gasteiger partial charge in [-0.3, -0.25) is 0 Å². The van der Waals surface area contributed by atoms with Crippen molar-refractivity contribution in [2.75, 3.05) is 6.61 Å². The van der Waals surface area contributed by atoms with E-state index in [-0.39, 0.29) is 6.29 Å². The quantitative estimate of drug-likeness (QED) is 0.299. The van der Waals surface area contributed by atoms with Crippen molar-refractivity contribution in [2.24, 2.45) is 0 Å². The van der Waals surface area contributed by atoms with E-state index in [2.05, 4.69) is 0 Å². The van der Waals surface area contributed by atoms with Crippen molar-refractivity contribution in [2.45, 2.75) is 23.7 Å². The molecule has 6 heteroatoms. The zero-order valence-electron chi connectivity index (χ0n) is 6.17. The van der Waals surface area contributed by atoms with E-state index in [0.29, 0.717) is 0 Å². The third-order valence-corrected chi connectivity index (χ3v) is 1.75. The Labute approximate surface area is 74.2 Å². The molecule has 0 saturated heterocycles. The third-order valence-electron chi connectivity index (χ3n) is 1.39. The largest absolute Gasteiger partial charge is 0.394 e. The van der Waals surface area contributed by atoms with Gasteiger partial charge in [0.05, 0.1) is 6.61 Å². The van der Waals surface area contributed by atoms with Crippen LogP contribution >= 0.6 is 11.6 Å². The molecular weight excluding hydrogens is 188 g/mol. The number of aliphatic hydroxyl groups is 4. The summed E-state index contributed by atoms with van der Waals surface area (Å²) in [6.45, 7) is -0.708. The van der Waals surface area contributed by atoms with E-state index in [4.69, 9.17) is 32.0 Å². The molecule has 12 heavy (non-hydrogen) atoms. The maximum absolute atomic E-state index is 10.0. The van der Waals surface area contributed by atoms with Crippen molar-refractivity contribution in [3.63, 3.8) is 0 Å². The normalized spacial score (nSPS) is 21.1. The molecule has 72 valence electrons. The Morgan fingerprint density at radius 1 is 1.25 bits per heavy atom. The Morgan fingerprint density at radius 2 is 1.75 bits per heavy atom. The number of aldehydes is 1. The van der Waals surface area contributed by atoms with Crippen LogP contribution < -0.4 is 0 Å². The molecule has 0 aliphatic heterocycles. The standard InChI is InChI=1S/C6H11ClO5/c7-3(1-8)5(11)6(12)4(10)2-9/h1,3-6,9-12H,2H2/t3-,4+,5-,6+/m1/s1. The summed E-state index contributed by atoms with van der Waals surface area (Å²) in [6.07, 6.45) is -4.46. The number of rotatable bonds is 5. The van der Waals surface area contributed by atoms with Crippen molar-refractivity contribution in [1.82, 2.24) is 0 Å². The number of halogens is 1. The van der Waals surface area contributed by atoms with Gasteiger partial charge in [0.1, 0.15) is 30.0 Å². The van der Waals surface area contributed by atoms with Gasteiger partial charge >= 0.3 is 0 Å². The summed E-state index contributed by atoms with van der Waals surface area (Å²) in [7, 11) is 0. The second-order valence-electron chi connectivity index (χ2n) is 2.31. The SMILES string of the molecule is O=C[C@@H](Cl)[C@@H](O)[C@@H](O)[C@@H](O)CO. The van der Waals surface area contributed by atoms with Crippen molar-refractivity contribution in [3.8, 4) is 0 Å². The lowest BCUT2D eigenvalue weighted by Gasteiger charge is -2.22. The highest BCUT2D eigenvalue weighted by molar-refractivity contribution is 6.28. The van der Waals surface area contributed by atoms with Crippen molar-refractivity contribution in [3.05, 3.63) is 0 Å². The zero-order chi connectivity index (χ0) is 9.72. The minimum atomic E-state index is -1.62. The van der Waals surface area contributed by atoms with E-state index in [1.807, 2.05) is 0 Å². The maximum Gasteiger partial charge on any atom is 0.140 e. The van der Waals surface area contributed by atoms with Crippen LogP contribution in [0.25, 0.3) is 0 Å². The van der Waals surface area contributed by atoms with E-state index >= 15 is 0 Å². The van der Waals surface area contributed by atoms with Crippen LogP contribution in [0.1, 0.15) is 0 Å². The van der Waals surface area contributed by atoms with E-state index in [1.165, 1.54) is 0 Å². The lowest BCUT2D eigenvalue weighted by Crippen LogP contribution is -2.44. The summed E-state index contributed by atoms with van der Waals surface area (Å²) in [4.78, 5) is 10.0. The summed E-state index contributed by atoms with van der Waals surface area (Å²) < 4.78 is 0. The van der Waals surface area contributed by atoms with E-state index in [9.17, 15) is 4.79 Å². The highest BCUT2D eigenvalue weighted by Crippen LogP contribution is 2.07. The van der Waals surface area contributed by atoms with Crippen LogP contribution in [0.5, 0.6) is 0 Å². The van der Waals surface area contributed by atoms with E-state index < -0.39 is 30.3 Å². The number of hydrogen-bond acceptors (Lipinski definition) is 5. The lowest BCUT2D eigenvalue weighted by atomic mass is 10.1. The molecule has 0 rings (SSSR count). The molecular formula is C6H11ClO5. The van der Waals surface area contributed by atoms with Gasteiger partial charge in [0, 0.05) is 0 Å². The summed E-state index contributed by atoms with van der Waals surface area (Å²) >= 11 is 5.24. The Balaban J connectivity index is 4.07. The molecule has 0 aromatic heterocycles. The molecule has 0 fully saturated rings. The Kier molecular flexibility index (Phi) is 5.36. The molecule has 0 bridgehead atoms. The molecule has 0 unspecified atom stereocenters. The van der Waals surface area contributed by atoms with Gasteiger partial charge in [0.15, 0.2) is 0 Å². The number of alkyl halides is 1. The first kappa shape index (κ1) is 11.8. The fourth-order valence-corrected chi connectivity index (χ4v) is 0.754. The monoisotopic (exact) mass is 198 g/mol. The van der Waals surface area contributed by atoms with Gasteiger partial charge in [0.25, 0.3) is 0 Å². The van der Waals surface area contributed by atoms with Crippen LogP contribution in [0.15, 0.2) is 0 Å². The van der Waals surface area contributed by atoms with Gasteiger partial charge in [0.2, 0.25) is 0 Å². The van der Waals surface area contributed by atoms with Crippen molar-refractivity contribution < 1.29 is 25.2 Å². The van der Waals surface area contributed by atoms with Gasteiger partial charge in [-0.25, -0.2) is 0 Å². The van der Waals surface area contributed by atoms with Crippen LogP contribution in [0.3, 0.4) is 0 Å². The van der Waals surface area contributed by atoms with Gasteiger partial charge in [-0.2, -0.15) is 0 Å². The molecule has 0 aliphatic carbocycles. The highest BCUT2D eigenvalue weighted by Gasteiger charge is 2.29. The van der Waals surface area contributed by atoms with Crippen LogP contribution in [0, 0.1) is 0 Å².